The normalized spacial score (nSPS) is 24.1. The van der Waals surface area contributed by atoms with Crippen molar-refractivity contribution in [3.05, 3.63) is 66.0 Å². The van der Waals surface area contributed by atoms with Crippen molar-refractivity contribution in [2.24, 2.45) is 16.8 Å². The third-order valence-corrected chi connectivity index (χ3v) is 7.66. The Hall–Kier alpha value is -3.44. The van der Waals surface area contributed by atoms with Gasteiger partial charge in [-0.2, -0.15) is 13.2 Å². The Labute approximate surface area is 226 Å². The fourth-order valence-corrected chi connectivity index (χ4v) is 5.30. The van der Waals surface area contributed by atoms with E-state index in [-0.39, 0.29) is 17.6 Å². The first-order valence-corrected chi connectivity index (χ1v) is 13.4. The molecule has 0 aliphatic carbocycles. The number of nitrogens with zero attached hydrogens (tertiary/aromatic N) is 4. The molecule has 1 amide bonds. The minimum absolute atomic E-state index is 0.113. The number of anilines is 2. The van der Waals surface area contributed by atoms with E-state index in [1.807, 2.05) is 18.2 Å². The molecule has 1 fully saturated rings. The van der Waals surface area contributed by atoms with Crippen LogP contribution in [0.15, 0.2) is 59.9 Å². The monoisotopic (exact) mass is 541 g/mol. The molecule has 3 N–H and O–H groups in total. The van der Waals surface area contributed by atoms with E-state index in [1.165, 1.54) is 11.6 Å². The lowest BCUT2D eigenvalue weighted by Gasteiger charge is -2.36. The lowest BCUT2D eigenvalue weighted by atomic mass is 9.82. The molecule has 39 heavy (non-hydrogen) atoms. The maximum Gasteiger partial charge on any atom is 0.417 e. The summed E-state index contributed by atoms with van der Waals surface area (Å²) in [5.41, 5.74) is 1.28. The number of piperazine rings is 1. The fourth-order valence-electron chi connectivity index (χ4n) is 5.30. The van der Waals surface area contributed by atoms with E-state index in [2.05, 4.69) is 49.8 Å². The zero-order valence-electron chi connectivity index (χ0n) is 21.9. The van der Waals surface area contributed by atoms with Gasteiger partial charge in [0.05, 0.1) is 11.5 Å². The van der Waals surface area contributed by atoms with Gasteiger partial charge in [-0.3, -0.25) is 4.79 Å². The second kappa shape index (κ2) is 11.7. The van der Waals surface area contributed by atoms with Gasteiger partial charge in [-0.05, 0) is 42.8 Å². The van der Waals surface area contributed by atoms with Crippen LogP contribution < -0.4 is 16.0 Å². The molecule has 208 valence electrons. The highest BCUT2D eigenvalue weighted by Crippen LogP contribution is 2.33. The van der Waals surface area contributed by atoms with Crippen molar-refractivity contribution in [1.82, 2.24) is 20.1 Å². The van der Waals surface area contributed by atoms with Gasteiger partial charge in [0, 0.05) is 63.1 Å². The van der Waals surface area contributed by atoms with Crippen LogP contribution in [0.25, 0.3) is 0 Å². The number of rotatable bonds is 7. The first-order chi connectivity index (χ1) is 18.8. The molecule has 3 aliphatic rings. The number of alkyl halides is 3. The molecule has 1 aromatic heterocycles. The highest BCUT2D eigenvalue weighted by molar-refractivity contribution is 5.97. The number of benzene rings is 1. The quantitative estimate of drug-likeness (QED) is 0.495. The molecular weight excluding hydrogens is 507 g/mol. The number of amides is 1. The summed E-state index contributed by atoms with van der Waals surface area (Å²) >= 11 is 0. The number of carbonyl (C=O) groups is 1. The van der Waals surface area contributed by atoms with E-state index in [0.29, 0.717) is 12.3 Å². The maximum absolute atomic E-state index is 12.9. The Balaban J connectivity index is 1.24. The van der Waals surface area contributed by atoms with Crippen LogP contribution in [0.3, 0.4) is 0 Å². The van der Waals surface area contributed by atoms with Crippen LogP contribution in [0.4, 0.5) is 24.7 Å². The number of pyridine rings is 1. The molecular formula is C28H34F3N7O. The number of aromatic nitrogens is 1. The van der Waals surface area contributed by atoms with Crippen molar-refractivity contribution in [3.8, 4) is 0 Å². The lowest BCUT2D eigenvalue weighted by molar-refractivity contribution is -0.137. The molecule has 0 spiro atoms. The van der Waals surface area contributed by atoms with Crippen molar-refractivity contribution in [1.29, 1.82) is 0 Å². The average Bonchev–Trinajstić information content (AvgIpc) is 2.93. The molecule has 0 radical (unpaired) electrons. The molecule has 3 aliphatic heterocycles. The van der Waals surface area contributed by atoms with Crippen LogP contribution >= 0.6 is 0 Å². The number of amidine groups is 1. The molecule has 1 saturated heterocycles. The molecule has 1 aromatic carbocycles. The Morgan fingerprint density at radius 1 is 1.05 bits per heavy atom. The Kier molecular flexibility index (Phi) is 8.18. The maximum atomic E-state index is 12.9. The van der Waals surface area contributed by atoms with E-state index in [0.717, 1.165) is 63.6 Å². The summed E-state index contributed by atoms with van der Waals surface area (Å²) in [5.74, 6) is 0.180. The summed E-state index contributed by atoms with van der Waals surface area (Å²) in [6.07, 6.45) is 0.783. The van der Waals surface area contributed by atoms with Gasteiger partial charge < -0.3 is 25.8 Å². The summed E-state index contributed by atoms with van der Waals surface area (Å²) in [5, 5.41) is 9.21. The minimum atomic E-state index is -4.45. The van der Waals surface area contributed by atoms with Gasteiger partial charge in [0.25, 0.3) is 0 Å². The molecule has 4 heterocycles. The highest BCUT2D eigenvalue weighted by Gasteiger charge is 2.40. The summed E-state index contributed by atoms with van der Waals surface area (Å²) < 4.78 is 38.7. The number of hydrogen-bond donors (Lipinski definition) is 3. The molecule has 11 heteroatoms. The number of halogens is 3. The number of hydrogen-bond acceptors (Lipinski definition) is 7. The third kappa shape index (κ3) is 6.77. The molecule has 3 unspecified atom stereocenters. The van der Waals surface area contributed by atoms with Gasteiger partial charge in [-0.15, -0.1) is 0 Å². The Morgan fingerprint density at radius 2 is 1.79 bits per heavy atom. The van der Waals surface area contributed by atoms with Crippen LogP contribution in [0.2, 0.25) is 0 Å². The molecule has 8 nitrogen and oxygen atoms in total. The molecule has 2 aromatic rings. The average molecular weight is 542 g/mol. The van der Waals surface area contributed by atoms with Crippen LogP contribution in [-0.2, 0) is 17.4 Å². The SMILES string of the molecule is CCN1CCN(CCc2ccc(NC3N=C(Nc4ccc(C(F)(F)F)cn4)CC4C=CNC(=O)C43)cc2)CC1. The second-order valence-electron chi connectivity index (χ2n) is 10.2. The zero-order valence-corrected chi connectivity index (χ0v) is 21.9. The molecule has 3 atom stereocenters. The zero-order chi connectivity index (χ0) is 27.4. The predicted molar refractivity (Wildman–Crippen MR) is 145 cm³/mol. The van der Waals surface area contributed by atoms with Crippen molar-refractivity contribution in [2.45, 2.75) is 32.1 Å². The summed E-state index contributed by atoms with van der Waals surface area (Å²) in [7, 11) is 0. The first-order valence-electron chi connectivity index (χ1n) is 13.4. The first kappa shape index (κ1) is 27.1. The summed E-state index contributed by atoms with van der Waals surface area (Å²) in [6, 6.07) is 10.5. The van der Waals surface area contributed by atoms with Crippen LogP contribution in [0.1, 0.15) is 24.5 Å². The van der Waals surface area contributed by atoms with Gasteiger partial charge in [-0.25, -0.2) is 9.98 Å². The number of fused-ring (bicyclic) bond motifs is 1. The van der Waals surface area contributed by atoms with Crippen LogP contribution in [0.5, 0.6) is 0 Å². The lowest BCUT2D eigenvalue weighted by Crippen LogP contribution is -2.49. The Morgan fingerprint density at radius 3 is 2.46 bits per heavy atom. The van der Waals surface area contributed by atoms with Gasteiger partial charge >= 0.3 is 6.18 Å². The largest absolute Gasteiger partial charge is 0.417 e. The molecule has 0 saturated carbocycles. The number of nitrogens with one attached hydrogen (secondary N) is 3. The van der Waals surface area contributed by atoms with Gasteiger partial charge in [0.1, 0.15) is 17.8 Å². The number of allylic oxidation sites excluding steroid dienone is 1. The highest BCUT2D eigenvalue weighted by atomic mass is 19.4. The number of likely N-dealkylation sites (N-methyl/N-ethyl adjacent to an activating group) is 1. The number of carbonyl (C=O) groups excluding carboxylic acids is 1. The molecule has 0 bridgehead atoms. The van der Waals surface area contributed by atoms with Crippen molar-refractivity contribution in [3.63, 3.8) is 0 Å². The summed E-state index contributed by atoms with van der Waals surface area (Å²) in [6.45, 7) is 8.79. The predicted octanol–water partition coefficient (Wildman–Crippen LogP) is 3.81. The van der Waals surface area contributed by atoms with Gasteiger partial charge in [0.2, 0.25) is 5.91 Å². The van der Waals surface area contributed by atoms with Crippen molar-refractivity contribution in [2.75, 3.05) is 49.9 Å². The summed E-state index contributed by atoms with van der Waals surface area (Å²) in [4.78, 5) is 26.4. The standard InChI is InChI=1S/C28H34F3N7O/c1-2-37-13-15-38(16-14-37)12-10-19-3-6-22(7-4-19)34-26-25-20(9-11-32-27(25)39)17-24(36-26)35-23-8-5-21(18-33-23)28(29,30)31/h3-9,11,18,20,25-26,34H,2,10,12-17H2,1H3,(H,32,39)(H,33,35,36). The van der Waals surface area contributed by atoms with Crippen molar-refractivity contribution >= 4 is 23.2 Å². The van der Waals surface area contributed by atoms with E-state index in [9.17, 15) is 18.0 Å². The Bertz CT molecular complexity index is 1190. The van der Waals surface area contributed by atoms with Crippen LogP contribution in [0, 0.1) is 11.8 Å². The minimum Gasteiger partial charge on any atom is -0.363 e. The van der Waals surface area contributed by atoms with E-state index < -0.39 is 23.8 Å². The van der Waals surface area contributed by atoms with E-state index in [4.69, 9.17) is 4.99 Å². The topological polar surface area (TPSA) is 84.9 Å². The van der Waals surface area contributed by atoms with Crippen molar-refractivity contribution < 1.29 is 18.0 Å². The van der Waals surface area contributed by atoms with E-state index >= 15 is 0 Å². The fraction of sp³-hybridized carbons (Fsp3) is 0.464. The number of aliphatic imine (C=N–C) groups is 1. The van der Waals surface area contributed by atoms with E-state index in [1.54, 1.807) is 6.20 Å². The smallest absolute Gasteiger partial charge is 0.363 e. The van der Waals surface area contributed by atoms with Gasteiger partial charge in [-0.1, -0.05) is 25.1 Å². The van der Waals surface area contributed by atoms with Gasteiger partial charge in [0.15, 0.2) is 0 Å². The third-order valence-electron chi connectivity index (χ3n) is 7.66. The van der Waals surface area contributed by atoms with Crippen LogP contribution in [-0.4, -0.2) is 72.0 Å². The molecule has 5 rings (SSSR count). The second-order valence-corrected chi connectivity index (χ2v) is 10.2.